The van der Waals surface area contributed by atoms with Crippen LogP contribution < -0.4 is 10.6 Å². The Morgan fingerprint density at radius 2 is 2.14 bits per heavy atom. The Balaban J connectivity index is 1.40. The number of hydrogen-bond donors (Lipinski definition) is 2. The Kier molecular flexibility index (Phi) is 5.29. The van der Waals surface area contributed by atoms with E-state index in [-0.39, 0.29) is 0 Å². The molecule has 0 radical (unpaired) electrons. The highest BCUT2D eigenvalue weighted by molar-refractivity contribution is 5.79. The average Bonchev–Trinajstić information content (AvgIpc) is 3.32. The number of aryl methyl sites for hydroxylation is 2. The maximum absolute atomic E-state index is 4.38. The molecule has 1 aromatic rings. The molecule has 0 atom stereocenters. The van der Waals surface area contributed by atoms with Gasteiger partial charge in [0.15, 0.2) is 5.96 Å². The van der Waals surface area contributed by atoms with Gasteiger partial charge in [0.1, 0.15) is 11.6 Å². The second kappa shape index (κ2) is 7.61. The zero-order valence-electron chi connectivity index (χ0n) is 13.6. The Hall–Kier alpha value is -1.59. The van der Waals surface area contributed by atoms with Gasteiger partial charge < -0.3 is 15.2 Å². The van der Waals surface area contributed by atoms with Gasteiger partial charge in [-0.1, -0.05) is 6.42 Å². The van der Waals surface area contributed by atoms with Crippen molar-refractivity contribution in [1.82, 2.24) is 25.4 Å². The highest BCUT2D eigenvalue weighted by atomic mass is 15.3. The highest BCUT2D eigenvalue weighted by Crippen LogP contribution is 2.27. The SMILES string of the molecule is CN=C(NCCCc1nnc2n1CCCCC2)NCC1CC1. The lowest BCUT2D eigenvalue weighted by Crippen LogP contribution is -2.38. The smallest absolute Gasteiger partial charge is 0.190 e. The third-order valence-electron chi connectivity index (χ3n) is 4.53. The van der Waals surface area contributed by atoms with E-state index in [4.69, 9.17) is 0 Å². The molecule has 6 nitrogen and oxygen atoms in total. The first-order chi connectivity index (χ1) is 10.9. The van der Waals surface area contributed by atoms with E-state index in [2.05, 4.69) is 30.4 Å². The molecule has 122 valence electrons. The molecule has 1 aliphatic carbocycles. The van der Waals surface area contributed by atoms with E-state index in [1.165, 1.54) is 37.9 Å². The maximum Gasteiger partial charge on any atom is 0.190 e. The molecule has 1 aromatic heterocycles. The maximum atomic E-state index is 4.38. The third kappa shape index (κ3) is 4.21. The summed E-state index contributed by atoms with van der Waals surface area (Å²) in [7, 11) is 1.83. The summed E-state index contributed by atoms with van der Waals surface area (Å²) in [5.41, 5.74) is 0. The van der Waals surface area contributed by atoms with Crippen LogP contribution in [0, 0.1) is 5.92 Å². The summed E-state index contributed by atoms with van der Waals surface area (Å²) >= 11 is 0. The lowest BCUT2D eigenvalue weighted by Gasteiger charge is -2.11. The zero-order chi connectivity index (χ0) is 15.2. The van der Waals surface area contributed by atoms with Crippen molar-refractivity contribution in [2.45, 2.75) is 57.9 Å². The van der Waals surface area contributed by atoms with Crippen molar-refractivity contribution in [1.29, 1.82) is 0 Å². The Bertz CT molecular complexity index is 503. The predicted octanol–water partition coefficient (Wildman–Crippen LogP) is 1.51. The van der Waals surface area contributed by atoms with Gasteiger partial charge in [0.25, 0.3) is 0 Å². The van der Waals surface area contributed by atoms with E-state index in [1.807, 2.05) is 7.05 Å². The van der Waals surface area contributed by atoms with E-state index in [1.54, 1.807) is 0 Å². The fraction of sp³-hybridized carbons (Fsp3) is 0.812. The molecule has 1 fully saturated rings. The molecular weight excluding hydrogens is 276 g/mol. The fourth-order valence-corrected chi connectivity index (χ4v) is 2.97. The number of aliphatic imine (C=N–C) groups is 1. The molecule has 22 heavy (non-hydrogen) atoms. The summed E-state index contributed by atoms with van der Waals surface area (Å²) in [5, 5.41) is 15.5. The minimum Gasteiger partial charge on any atom is -0.356 e. The summed E-state index contributed by atoms with van der Waals surface area (Å²) in [4.78, 5) is 4.27. The summed E-state index contributed by atoms with van der Waals surface area (Å²) in [5.74, 6) is 4.12. The van der Waals surface area contributed by atoms with Crippen molar-refractivity contribution >= 4 is 5.96 Å². The Labute approximate surface area is 132 Å². The van der Waals surface area contributed by atoms with Gasteiger partial charge in [-0.3, -0.25) is 4.99 Å². The fourth-order valence-electron chi connectivity index (χ4n) is 2.97. The van der Waals surface area contributed by atoms with Crippen molar-refractivity contribution in [2.24, 2.45) is 10.9 Å². The monoisotopic (exact) mass is 304 g/mol. The molecule has 1 aliphatic heterocycles. The number of rotatable bonds is 6. The second-order valence-corrected chi connectivity index (χ2v) is 6.42. The predicted molar refractivity (Wildman–Crippen MR) is 88.0 cm³/mol. The standard InChI is InChI=1S/C16H28N6/c1-17-16(19-12-13-8-9-13)18-10-5-7-15-21-20-14-6-3-2-4-11-22(14)15/h13H,2-12H2,1H3,(H2,17,18,19). The number of nitrogens with one attached hydrogen (secondary N) is 2. The Morgan fingerprint density at radius 1 is 1.23 bits per heavy atom. The van der Waals surface area contributed by atoms with Crippen LogP contribution >= 0.6 is 0 Å². The molecule has 0 saturated heterocycles. The van der Waals surface area contributed by atoms with E-state index in [0.717, 1.165) is 56.6 Å². The van der Waals surface area contributed by atoms with Gasteiger partial charge in [-0.2, -0.15) is 0 Å². The van der Waals surface area contributed by atoms with Crippen molar-refractivity contribution in [3.05, 3.63) is 11.6 Å². The Morgan fingerprint density at radius 3 is 2.95 bits per heavy atom. The lowest BCUT2D eigenvalue weighted by molar-refractivity contribution is 0.593. The van der Waals surface area contributed by atoms with Crippen LogP contribution in [0.3, 0.4) is 0 Å². The molecule has 2 aliphatic rings. The molecule has 0 aromatic carbocycles. The van der Waals surface area contributed by atoms with E-state index < -0.39 is 0 Å². The van der Waals surface area contributed by atoms with Crippen molar-refractivity contribution < 1.29 is 0 Å². The van der Waals surface area contributed by atoms with Gasteiger partial charge >= 0.3 is 0 Å². The largest absolute Gasteiger partial charge is 0.356 e. The molecule has 0 spiro atoms. The van der Waals surface area contributed by atoms with Crippen LogP contribution in [0.5, 0.6) is 0 Å². The lowest BCUT2D eigenvalue weighted by atomic mass is 10.2. The molecule has 3 rings (SSSR count). The van der Waals surface area contributed by atoms with E-state index in [9.17, 15) is 0 Å². The third-order valence-corrected chi connectivity index (χ3v) is 4.53. The highest BCUT2D eigenvalue weighted by Gasteiger charge is 2.21. The van der Waals surface area contributed by atoms with Crippen molar-refractivity contribution in [2.75, 3.05) is 20.1 Å². The minimum atomic E-state index is 0.866. The van der Waals surface area contributed by atoms with Crippen LogP contribution in [0.1, 0.15) is 50.2 Å². The van der Waals surface area contributed by atoms with Crippen LogP contribution in [-0.2, 0) is 19.4 Å². The van der Waals surface area contributed by atoms with Crippen LogP contribution in [0.4, 0.5) is 0 Å². The molecule has 0 bridgehead atoms. The summed E-state index contributed by atoms with van der Waals surface area (Å²) in [6.45, 7) is 3.07. The molecule has 2 heterocycles. The number of fused-ring (bicyclic) bond motifs is 1. The first-order valence-electron chi connectivity index (χ1n) is 8.72. The zero-order valence-corrected chi connectivity index (χ0v) is 13.6. The van der Waals surface area contributed by atoms with Gasteiger partial charge in [-0.05, 0) is 38.0 Å². The summed E-state index contributed by atoms with van der Waals surface area (Å²) in [6.07, 6.45) is 9.68. The summed E-state index contributed by atoms with van der Waals surface area (Å²) in [6, 6.07) is 0. The first-order valence-corrected chi connectivity index (χ1v) is 8.72. The second-order valence-electron chi connectivity index (χ2n) is 6.42. The van der Waals surface area contributed by atoms with Crippen molar-refractivity contribution in [3.63, 3.8) is 0 Å². The minimum absolute atomic E-state index is 0.866. The molecule has 6 heteroatoms. The first kappa shape index (κ1) is 15.3. The number of guanidine groups is 1. The van der Waals surface area contributed by atoms with E-state index >= 15 is 0 Å². The van der Waals surface area contributed by atoms with Gasteiger partial charge in [0.05, 0.1) is 0 Å². The molecular formula is C16H28N6. The van der Waals surface area contributed by atoms with Crippen molar-refractivity contribution in [3.8, 4) is 0 Å². The number of aromatic nitrogens is 3. The normalized spacial score (nSPS) is 18.7. The quantitative estimate of drug-likeness (QED) is 0.475. The van der Waals surface area contributed by atoms with Gasteiger partial charge in [0, 0.05) is 39.5 Å². The molecule has 2 N–H and O–H groups in total. The molecule has 1 saturated carbocycles. The van der Waals surface area contributed by atoms with Gasteiger partial charge in [-0.25, -0.2) is 0 Å². The van der Waals surface area contributed by atoms with Gasteiger partial charge in [0.2, 0.25) is 0 Å². The number of nitrogens with zero attached hydrogens (tertiary/aromatic N) is 4. The summed E-state index contributed by atoms with van der Waals surface area (Å²) < 4.78 is 2.34. The molecule has 0 unspecified atom stereocenters. The topological polar surface area (TPSA) is 67.1 Å². The van der Waals surface area contributed by atoms with Crippen LogP contribution in [0.2, 0.25) is 0 Å². The van der Waals surface area contributed by atoms with E-state index in [0.29, 0.717) is 0 Å². The van der Waals surface area contributed by atoms with Gasteiger partial charge in [-0.15, -0.1) is 10.2 Å². The molecule has 0 amide bonds. The van der Waals surface area contributed by atoms with Crippen LogP contribution in [0.25, 0.3) is 0 Å². The van der Waals surface area contributed by atoms with Crippen LogP contribution in [-0.4, -0.2) is 40.9 Å². The van der Waals surface area contributed by atoms with Crippen LogP contribution in [0.15, 0.2) is 4.99 Å². The number of hydrogen-bond acceptors (Lipinski definition) is 3. The average molecular weight is 304 g/mol.